The standard InChI is InChI=1S/C20H30N4O3/c21-12-15-2-1-3-16(10-15)13-22-20(24-6-8-25-9-7-24)23-17-4-5-18-19(11-17)27-14-26-18/h4-5,11,15-16H,1-3,6-10,12-14,21H2,(H,22,23). The number of ether oxygens (including phenoxy) is 3. The topological polar surface area (TPSA) is 81.3 Å². The van der Waals surface area contributed by atoms with Gasteiger partial charge in [-0.25, -0.2) is 0 Å². The van der Waals surface area contributed by atoms with Crippen LogP contribution in [-0.2, 0) is 4.74 Å². The summed E-state index contributed by atoms with van der Waals surface area (Å²) in [5, 5.41) is 3.50. The van der Waals surface area contributed by atoms with Crippen LogP contribution in [0.3, 0.4) is 0 Å². The van der Waals surface area contributed by atoms with E-state index in [1.807, 2.05) is 18.2 Å². The van der Waals surface area contributed by atoms with Crippen molar-refractivity contribution in [2.45, 2.75) is 25.7 Å². The minimum absolute atomic E-state index is 0.285. The third-order valence-corrected chi connectivity index (χ3v) is 5.66. The first-order valence-corrected chi connectivity index (χ1v) is 10.1. The lowest BCUT2D eigenvalue weighted by molar-refractivity contribution is 0.0678. The zero-order valence-corrected chi connectivity index (χ0v) is 15.9. The van der Waals surface area contributed by atoms with Crippen molar-refractivity contribution in [1.29, 1.82) is 0 Å². The number of guanidine groups is 1. The maximum absolute atomic E-state index is 5.89. The Balaban J connectivity index is 1.46. The fourth-order valence-corrected chi connectivity index (χ4v) is 4.09. The number of hydrogen-bond acceptors (Lipinski definition) is 5. The van der Waals surface area contributed by atoms with Crippen molar-refractivity contribution < 1.29 is 14.2 Å². The van der Waals surface area contributed by atoms with Gasteiger partial charge in [0.15, 0.2) is 17.5 Å². The second kappa shape index (κ2) is 8.80. The first-order chi connectivity index (χ1) is 13.3. The van der Waals surface area contributed by atoms with Crippen LogP contribution in [0.5, 0.6) is 11.5 Å². The number of morpholine rings is 1. The Labute approximate surface area is 160 Å². The Morgan fingerprint density at radius 3 is 2.81 bits per heavy atom. The molecule has 27 heavy (non-hydrogen) atoms. The Morgan fingerprint density at radius 2 is 1.96 bits per heavy atom. The quantitative estimate of drug-likeness (QED) is 0.622. The SMILES string of the molecule is NCC1CCCC(CN=C(Nc2ccc3c(c2)OCO3)N2CCOCC2)C1. The van der Waals surface area contributed by atoms with Gasteiger partial charge in [-0.2, -0.15) is 0 Å². The molecule has 1 aliphatic carbocycles. The van der Waals surface area contributed by atoms with E-state index in [2.05, 4.69) is 10.2 Å². The Kier molecular flexibility index (Phi) is 5.99. The van der Waals surface area contributed by atoms with Crippen LogP contribution in [0.2, 0.25) is 0 Å². The van der Waals surface area contributed by atoms with Crippen LogP contribution in [0.4, 0.5) is 5.69 Å². The molecule has 2 heterocycles. The normalized spacial score (nSPS) is 25.5. The third kappa shape index (κ3) is 4.65. The van der Waals surface area contributed by atoms with Crippen molar-refractivity contribution in [3.63, 3.8) is 0 Å². The summed E-state index contributed by atoms with van der Waals surface area (Å²) in [6.45, 7) is 5.11. The number of fused-ring (bicyclic) bond motifs is 1. The minimum Gasteiger partial charge on any atom is -0.454 e. The molecule has 3 N–H and O–H groups in total. The van der Waals surface area contributed by atoms with Gasteiger partial charge in [0.1, 0.15) is 0 Å². The molecule has 1 aromatic rings. The van der Waals surface area contributed by atoms with Gasteiger partial charge in [-0.05, 0) is 49.8 Å². The van der Waals surface area contributed by atoms with Crippen molar-refractivity contribution in [2.24, 2.45) is 22.6 Å². The van der Waals surface area contributed by atoms with Crippen LogP contribution in [0.25, 0.3) is 0 Å². The van der Waals surface area contributed by atoms with Gasteiger partial charge in [0.05, 0.1) is 13.2 Å². The number of nitrogens with zero attached hydrogens (tertiary/aromatic N) is 2. The molecule has 0 spiro atoms. The molecule has 0 radical (unpaired) electrons. The molecule has 1 saturated heterocycles. The molecule has 2 unspecified atom stereocenters. The van der Waals surface area contributed by atoms with Crippen molar-refractivity contribution in [3.05, 3.63) is 18.2 Å². The molecule has 2 aliphatic heterocycles. The second-order valence-electron chi connectivity index (χ2n) is 7.59. The lowest BCUT2D eigenvalue weighted by Gasteiger charge is -2.31. The smallest absolute Gasteiger partial charge is 0.231 e. The molecule has 148 valence electrons. The van der Waals surface area contributed by atoms with Crippen LogP contribution in [0, 0.1) is 11.8 Å². The predicted molar refractivity (Wildman–Crippen MR) is 105 cm³/mol. The van der Waals surface area contributed by atoms with Crippen LogP contribution < -0.4 is 20.5 Å². The van der Waals surface area contributed by atoms with E-state index in [0.717, 1.165) is 62.5 Å². The van der Waals surface area contributed by atoms with Gasteiger partial charge in [0.2, 0.25) is 6.79 Å². The van der Waals surface area contributed by atoms with Gasteiger partial charge in [-0.3, -0.25) is 4.99 Å². The monoisotopic (exact) mass is 374 g/mol. The van der Waals surface area contributed by atoms with Gasteiger partial charge >= 0.3 is 0 Å². The first kappa shape index (κ1) is 18.4. The molecular weight excluding hydrogens is 344 g/mol. The van der Waals surface area contributed by atoms with Crippen LogP contribution >= 0.6 is 0 Å². The van der Waals surface area contributed by atoms with E-state index in [4.69, 9.17) is 24.9 Å². The van der Waals surface area contributed by atoms with Crippen molar-refractivity contribution in [3.8, 4) is 11.5 Å². The highest BCUT2D eigenvalue weighted by atomic mass is 16.7. The van der Waals surface area contributed by atoms with Crippen molar-refractivity contribution >= 4 is 11.6 Å². The van der Waals surface area contributed by atoms with Gasteiger partial charge in [0.25, 0.3) is 0 Å². The fourth-order valence-electron chi connectivity index (χ4n) is 4.09. The summed E-state index contributed by atoms with van der Waals surface area (Å²) < 4.78 is 16.4. The van der Waals surface area contributed by atoms with E-state index in [-0.39, 0.29) is 6.79 Å². The second-order valence-corrected chi connectivity index (χ2v) is 7.59. The summed E-state index contributed by atoms with van der Waals surface area (Å²) in [7, 11) is 0. The number of hydrogen-bond donors (Lipinski definition) is 2. The molecular formula is C20H30N4O3. The highest BCUT2D eigenvalue weighted by molar-refractivity contribution is 5.94. The zero-order valence-electron chi connectivity index (χ0n) is 15.9. The Morgan fingerprint density at radius 1 is 1.15 bits per heavy atom. The molecule has 3 aliphatic rings. The van der Waals surface area contributed by atoms with Gasteiger partial charge in [-0.1, -0.05) is 6.42 Å². The van der Waals surface area contributed by atoms with Crippen LogP contribution in [-0.4, -0.2) is 57.0 Å². The molecule has 7 nitrogen and oxygen atoms in total. The minimum atomic E-state index is 0.285. The summed E-state index contributed by atoms with van der Waals surface area (Å²) in [4.78, 5) is 7.27. The maximum atomic E-state index is 5.89. The van der Waals surface area contributed by atoms with E-state index in [1.54, 1.807) is 0 Å². The first-order valence-electron chi connectivity index (χ1n) is 10.1. The third-order valence-electron chi connectivity index (χ3n) is 5.66. The van der Waals surface area contributed by atoms with Crippen LogP contribution in [0.15, 0.2) is 23.2 Å². The molecule has 1 aromatic carbocycles. The Bertz CT molecular complexity index is 661. The summed E-state index contributed by atoms with van der Waals surface area (Å²) in [6, 6.07) is 5.92. The molecule has 0 bridgehead atoms. The summed E-state index contributed by atoms with van der Waals surface area (Å²) in [5.41, 5.74) is 6.86. The number of nitrogens with two attached hydrogens (primary N) is 1. The lowest BCUT2D eigenvalue weighted by Crippen LogP contribution is -2.44. The number of aliphatic imine (C=N–C) groups is 1. The van der Waals surface area contributed by atoms with E-state index < -0.39 is 0 Å². The highest BCUT2D eigenvalue weighted by Crippen LogP contribution is 2.34. The average molecular weight is 374 g/mol. The van der Waals surface area contributed by atoms with Crippen LogP contribution in [0.1, 0.15) is 25.7 Å². The number of rotatable bonds is 4. The van der Waals surface area contributed by atoms with Gasteiger partial charge in [-0.15, -0.1) is 0 Å². The molecule has 0 aromatic heterocycles. The summed E-state index contributed by atoms with van der Waals surface area (Å²) >= 11 is 0. The lowest BCUT2D eigenvalue weighted by atomic mass is 9.81. The van der Waals surface area contributed by atoms with Crippen molar-refractivity contribution in [1.82, 2.24) is 4.90 Å². The predicted octanol–water partition coefficient (Wildman–Crippen LogP) is 2.28. The number of anilines is 1. The molecule has 7 heteroatoms. The fraction of sp³-hybridized carbons (Fsp3) is 0.650. The highest BCUT2D eigenvalue weighted by Gasteiger charge is 2.22. The molecule has 4 rings (SSSR count). The zero-order chi connectivity index (χ0) is 18.5. The van der Waals surface area contributed by atoms with E-state index in [9.17, 15) is 0 Å². The van der Waals surface area contributed by atoms with E-state index >= 15 is 0 Å². The molecule has 1 saturated carbocycles. The number of nitrogens with one attached hydrogen (secondary N) is 1. The average Bonchev–Trinajstić information content (AvgIpc) is 3.20. The van der Waals surface area contributed by atoms with E-state index in [1.165, 1.54) is 25.7 Å². The number of benzene rings is 1. The van der Waals surface area contributed by atoms with Gasteiger partial charge in [0, 0.05) is 31.4 Å². The van der Waals surface area contributed by atoms with E-state index in [0.29, 0.717) is 11.8 Å². The molecule has 0 amide bonds. The van der Waals surface area contributed by atoms with Crippen molar-refractivity contribution in [2.75, 3.05) is 51.5 Å². The van der Waals surface area contributed by atoms with Gasteiger partial charge < -0.3 is 30.2 Å². The molecule has 2 atom stereocenters. The molecule has 2 fully saturated rings. The largest absolute Gasteiger partial charge is 0.454 e. The summed E-state index contributed by atoms with van der Waals surface area (Å²) in [5.74, 6) is 3.78. The summed E-state index contributed by atoms with van der Waals surface area (Å²) in [6.07, 6.45) is 4.98. The maximum Gasteiger partial charge on any atom is 0.231 e. The Hall–Kier alpha value is -1.99.